The smallest absolute Gasteiger partial charge is 0.312 e. The molecule has 0 radical (unpaired) electrons. The second-order valence-corrected chi connectivity index (χ2v) is 9.26. The van der Waals surface area contributed by atoms with Crippen molar-refractivity contribution in [2.24, 2.45) is 0 Å². The highest BCUT2D eigenvalue weighted by Crippen LogP contribution is 2.34. The maximum absolute atomic E-state index is 13.3. The summed E-state index contributed by atoms with van der Waals surface area (Å²) in [5.41, 5.74) is 0.00192. The molecule has 11 heteroatoms. The van der Waals surface area contributed by atoms with E-state index in [1.807, 2.05) is 0 Å². The van der Waals surface area contributed by atoms with Crippen LogP contribution in [0.25, 0.3) is 0 Å². The minimum atomic E-state index is -3.90. The van der Waals surface area contributed by atoms with Gasteiger partial charge in [-0.15, -0.1) is 0 Å². The summed E-state index contributed by atoms with van der Waals surface area (Å²) in [5, 5.41) is 11.8. The van der Waals surface area contributed by atoms with Gasteiger partial charge in [-0.1, -0.05) is 44.2 Å². The number of nitro groups is 1. The van der Waals surface area contributed by atoms with Crippen molar-refractivity contribution in [1.82, 2.24) is 9.21 Å². The molecule has 0 spiro atoms. The number of carbonyl (C=O) groups is 1. The van der Waals surface area contributed by atoms with Crippen LogP contribution in [-0.4, -0.2) is 67.8 Å². The molecule has 1 heterocycles. The van der Waals surface area contributed by atoms with Crippen LogP contribution in [0.1, 0.15) is 25.5 Å². The molecule has 1 saturated heterocycles. The second-order valence-electron chi connectivity index (χ2n) is 7.32. The van der Waals surface area contributed by atoms with E-state index < -0.39 is 26.7 Å². The summed E-state index contributed by atoms with van der Waals surface area (Å²) in [4.78, 5) is 25.7. The number of carbonyl (C=O) groups excluding carboxylic acids is 1. The second kappa shape index (κ2) is 10.7. The molecule has 2 aromatic carbocycles. The maximum Gasteiger partial charge on any atom is 0.312 e. The van der Waals surface area contributed by atoms with Crippen LogP contribution in [0.2, 0.25) is 0 Å². The van der Waals surface area contributed by atoms with Crippen LogP contribution in [0.15, 0.2) is 53.4 Å². The van der Waals surface area contributed by atoms with Crippen molar-refractivity contribution in [1.29, 1.82) is 0 Å². The number of nitro benzene ring substituents is 1. The lowest BCUT2D eigenvalue weighted by molar-refractivity contribution is -0.386. The van der Waals surface area contributed by atoms with Crippen molar-refractivity contribution in [3.63, 3.8) is 0 Å². The summed E-state index contributed by atoms with van der Waals surface area (Å²) in [6, 6.07) is 12.1. The van der Waals surface area contributed by atoms with Gasteiger partial charge in [0, 0.05) is 37.8 Å². The van der Waals surface area contributed by atoms with Crippen LogP contribution in [0, 0.1) is 10.1 Å². The van der Waals surface area contributed by atoms with Gasteiger partial charge in [0.2, 0.25) is 16.1 Å². The predicted molar refractivity (Wildman–Crippen MR) is 120 cm³/mol. The Morgan fingerprint density at radius 1 is 1.15 bits per heavy atom. The highest BCUT2D eigenvalue weighted by Gasteiger charge is 2.32. The number of rotatable bonds is 9. The van der Waals surface area contributed by atoms with E-state index in [0.717, 1.165) is 6.07 Å². The van der Waals surface area contributed by atoms with Crippen molar-refractivity contribution < 1.29 is 27.6 Å². The molecule has 178 valence electrons. The van der Waals surface area contributed by atoms with E-state index in [4.69, 9.17) is 9.47 Å². The molecule has 0 bridgehead atoms. The maximum atomic E-state index is 13.3. The molecule has 1 aliphatic heterocycles. The minimum absolute atomic E-state index is 0.186. The van der Waals surface area contributed by atoms with Crippen LogP contribution in [0.5, 0.6) is 5.75 Å². The van der Waals surface area contributed by atoms with Gasteiger partial charge in [-0.05, 0) is 12.1 Å². The van der Waals surface area contributed by atoms with Gasteiger partial charge < -0.3 is 14.4 Å². The van der Waals surface area contributed by atoms with Crippen molar-refractivity contribution in [3.8, 4) is 5.75 Å². The zero-order chi connectivity index (χ0) is 24.0. The lowest BCUT2D eigenvalue weighted by Crippen LogP contribution is -2.44. The minimum Gasteiger partial charge on any atom is -0.469 e. The molecule has 0 N–H and O–H groups in total. The van der Waals surface area contributed by atoms with Crippen LogP contribution in [0.3, 0.4) is 0 Å². The SMILES string of the molecule is CCN(CC)S(=O)(=O)c1ccc(OC(C(=O)N2CCOCC2)c2ccccc2)c([N+](=O)[O-])c1. The lowest BCUT2D eigenvalue weighted by Gasteiger charge is -2.30. The molecule has 33 heavy (non-hydrogen) atoms. The zero-order valence-corrected chi connectivity index (χ0v) is 19.4. The average molecular weight is 478 g/mol. The largest absolute Gasteiger partial charge is 0.469 e. The molecule has 1 aliphatic rings. The van der Waals surface area contributed by atoms with E-state index in [1.54, 1.807) is 49.1 Å². The summed E-state index contributed by atoms with van der Waals surface area (Å²) < 4.78 is 38.1. The van der Waals surface area contributed by atoms with Gasteiger partial charge in [-0.3, -0.25) is 14.9 Å². The molecular weight excluding hydrogens is 450 g/mol. The first-order valence-corrected chi connectivity index (χ1v) is 12.1. The molecule has 0 aliphatic carbocycles. The van der Waals surface area contributed by atoms with Crippen LogP contribution < -0.4 is 4.74 Å². The third-order valence-corrected chi connectivity index (χ3v) is 7.41. The Kier molecular flexibility index (Phi) is 8.01. The van der Waals surface area contributed by atoms with E-state index in [-0.39, 0.29) is 29.6 Å². The summed E-state index contributed by atoms with van der Waals surface area (Å²) in [6.07, 6.45) is -1.13. The predicted octanol–water partition coefficient (Wildman–Crippen LogP) is 2.60. The van der Waals surface area contributed by atoms with Gasteiger partial charge in [0.15, 0.2) is 5.75 Å². The summed E-state index contributed by atoms with van der Waals surface area (Å²) in [5.74, 6) is -0.535. The van der Waals surface area contributed by atoms with Gasteiger partial charge in [0.25, 0.3) is 5.91 Å². The van der Waals surface area contributed by atoms with Crippen molar-refractivity contribution in [2.75, 3.05) is 39.4 Å². The van der Waals surface area contributed by atoms with E-state index in [9.17, 15) is 23.3 Å². The first-order chi connectivity index (χ1) is 15.8. The number of hydrogen-bond donors (Lipinski definition) is 0. The normalized spacial score (nSPS) is 15.3. The van der Waals surface area contributed by atoms with Crippen molar-refractivity contribution >= 4 is 21.6 Å². The Bertz CT molecular complexity index is 1080. The summed E-state index contributed by atoms with van der Waals surface area (Å²) >= 11 is 0. The number of sulfonamides is 1. The first kappa shape index (κ1) is 24.6. The number of benzene rings is 2. The van der Waals surface area contributed by atoms with Crippen molar-refractivity contribution in [2.45, 2.75) is 24.8 Å². The molecule has 0 saturated carbocycles. The molecule has 1 fully saturated rings. The van der Waals surface area contributed by atoms with Crippen LogP contribution in [0.4, 0.5) is 5.69 Å². The van der Waals surface area contributed by atoms with Crippen molar-refractivity contribution in [3.05, 3.63) is 64.2 Å². The Balaban J connectivity index is 2.00. The fraction of sp³-hybridized carbons (Fsp3) is 0.409. The Hall–Kier alpha value is -3.02. The Morgan fingerprint density at radius 2 is 1.79 bits per heavy atom. The summed E-state index contributed by atoms with van der Waals surface area (Å²) in [6.45, 7) is 5.40. The van der Waals surface area contributed by atoms with E-state index in [1.165, 1.54) is 16.4 Å². The van der Waals surface area contributed by atoms with Gasteiger partial charge in [-0.2, -0.15) is 4.31 Å². The fourth-order valence-electron chi connectivity index (χ4n) is 3.58. The monoisotopic (exact) mass is 477 g/mol. The number of ether oxygens (including phenoxy) is 2. The zero-order valence-electron chi connectivity index (χ0n) is 18.5. The van der Waals surface area contributed by atoms with E-state index in [0.29, 0.717) is 31.9 Å². The molecule has 1 amide bonds. The van der Waals surface area contributed by atoms with E-state index in [2.05, 4.69) is 0 Å². The Morgan fingerprint density at radius 3 is 2.36 bits per heavy atom. The standard InChI is InChI=1S/C22H27N3O7S/c1-3-24(4-2)33(29,30)18-10-11-20(19(16-18)25(27)28)32-21(17-8-6-5-7-9-17)22(26)23-12-14-31-15-13-23/h5-11,16,21H,3-4,12-15H2,1-2H3. The molecule has 10 nitrogen and oxygen atoms in total. The Labute approximate surface area is 192 Å². The average Bonchev–Trinajstić information content (AvgIpc) is 2.83. The third-order valence-electron chi connectivity index (χ3n) is 5.36. The number of morpholine rings is 1. The molecular formula is C22H27N3O7S. The number of nitrogens with zero attached hydrogens (tertiary/aromatic N) is 3. The summed E-state index contributed by atoms with van der Waals surface area (Å²) in [7, 11) is -3.90. The van der Waals surface area contributed by atoms with Gasteiger partial charge in [0.1, 0.15) is 0 Å². The lowest BCUT2D eigenvalue weighted by atomic mass is 10.1. The van der Waals surface area contributed by atoms with Crippen LogP contribution in [-0.2, 0) is 19.6 Å². The van der Waals surface area contributed by atoms with E-state index >= 15 is 0 Å². The fourth-order valence-corrected chi connectivity index (χ4v) is 5.06. The molecule has 0 aromatic heterocycles. The number of hydrogen-bond acceptors (Lipinski definition) is 7. The van der Waals surface area contributed by atoms with Gasteiger partial charge in [0.05, 0.1) is 23.0 Å². The highest BCUT2D eigenvalue weighted by molar-refractivity contribution is 7.89. The first-order valence-electron chi connectivity index (χ1n) is 10.7. The van der Waals surface area contributed by atoms with Gasteiger partial charge in [-0.25, -0.2) is 8.42 Å². The third kappa shape index (κ3) is 5.49. The highest BCUT2D eigenvalue weighted by atomic mass is 32.2. The van der Waals surface area contributed by atoms with Gasteiger partial charge >= 0.3 is 5.69 Å². The molecule has 2 aromatic rings. The quantitative estimate of drug-likeness (QED) is 0.402. The van der Waals surface area contributed by atoms with Crippen LogP contribution >= 0.6 is 0 Å². The topological polar surface area (TPSA) is 119 Å². The number of amides is 1. The molecule has 1 unspecified atom stereocenters. The molecule has 3 rings (SSSR count). The molecule has 1 atom stereocenters.